The van der Waals surface area contributed by atoms with Crippen molar-refractivity contribution >= 4 is 23.2 Å². The fraction of sp³-hybridized carbons (Fsp3) is 0.429. The van der Waals surface area contributed by atoms with Crippen LogP contribution in [0.3, 0.4) is 0 Å². The lowest BCUT2D eigenvalue weighted by Crippen LogP contribution is -2.02. The lowest BCUT2D eigenvalue weighted by molar-refractivity contribution is 0.962. The minimum Gasteiger partial charge on any atom is -0.327 e. The number of halogens is 2. The van der Waals surface area contributed by atoms with Gasteiger partial charge in [-0.2, -0.15) is 0 Å². The van der Waals surface area contributed by atoms with Gasteiger partial charge >= 0.3 is 0 Å². The molecule has 2 atom stereocenters. The molecular formula is C7H7Cl2N3. The highest BCUT2D eigenvalue weighted by Gasteiger charge is 2.38. The molecule has 12 heavy (non-hydrogen) atoms. The van der Waals surface area contributed by atoms with Gasteiger partial charge in [-0.3, -0.25) is 0 Å². The average molecular weight is 204 g/mol. The number of rotatable bonds is 1. The summed E-state index contributed by atoms with van der Waals surface area (Å²) in [5, 5.41) is 0.848. The van der Waals surface area contributed by atoms with E-state index in [1.54, 1.807) is 0 Å². The summed E-state index contributed by atoms with van der Waals surface area (Å²) in [6, 6.07) is 0.172. The Morgan fingerprint density at radius 3 is 2.25 bits per heavy atom. The zero-order valence-electron chi connectivity index (χ0n) is 6.17. The molecule has 0 radical (unpaired) electrons. The van der Waals surface area contributed by atoms with Gasteiger partial charge in [0.1, 0.15) is 16.6 Å². The highest BCUT2D eigenvalue weighted by atomic mass is 35.5. The van der Waals surface area contributed by atoms with E-state index in [1.807, 2.05) is 0 Å². The fourth-order valence-electron chi connectivity index (χ4n) is 1.21. The van der Waals surface area contributed by atoms with Crippen LogP contribution in [-0.2, 0) is 0 Å². The number of nitrogens with zero attached hydrogens (tertiary/aromatic N) is 2. The van der Waals surface area contributed by atoms with Crippen LogP contribution in [0.4, 0.5) is 0 Å². The van der Waals surface area contributed by atoms with Crippen LogP contribution in [0.25, 0.3) is 0 Å². The van der Waals surface area contributed by atoms with Gasteiger partial charge in [-0.25, -0.2) is 9.97 Å². The van der Waals surface area contributed by atoms with Crippen molar-refractivity contribution in [1.29, 1.82) is 0 Å². The molecule has 1 aliphatic carbocycles. The summed E-state index contributed by atoms with van der Waals surface area (Å²) in [7, 11) is 0. The molecule has 2 N–H and O–H groups in total. The summed E-state index contributed by atoms with van der Waals surface area (Å²) >= 11 is 11.7. The first-order valence-corrected chi connectivity index (χ1v) is 4.37. The predicted molar refractivity (Wildman–Crippen MR) is 47.4 cm³/mol. The minimum absolute atomic E-state index is 0.172. The molecule has 5 heteroatoms. The molecule has 1 heterocycles. The summed E-state index contributed by atoms with van der Waals surface area (Å²) < 4.78 is 0. The fourth-order valence-corrected chi connectivity index (χ4v) is 1.80. The third-order valence-electron chi connectivity index (χ3n) is 2.00. The second-order valence-corrected chi connectivity index (χ2v) is 3.59. The van der Waals surface area contributed by atoms with Gasteiger partial charge in [0.25, 0.3) is 0 Å². The Labute approximate surface area is 79.9 Å². The van der Waals surface area contributed by atoms with Crippen molar-refractivity contribution < 1.29 is 0 Å². The van der Waals surface area contributed by atoms with Crippen molar-refractivity contribution in [1.82, 2.24) is 9.97 Å². The van der Waals surface area contributed by atoms with E-state index in [1.165, 1.54) is 6.33 Å². The van der Waals surface area contributed by atoms with Crippen molar-refractivity contribution in [3.63, 3.8) is 0 Å². The molecule has 2 rings (SSSR count). The topological polar surface area (TPSA) is 51.8 Å². The maximum atomic E-state index is 5.84. The van der Waals surface area contributed by atoms with E-state index in [-0.39, 0.29) is 12.0 Å². The molecule has 3 nitrogen and oxygen atoms in total. The standard InChI is InChI=1S/C7H7Cl2N3/c8-6-5(3-1-4(3)10)7(9)12-2-11-6/h2-4H,1,10H2. The van der Waals surface area contributed by atoms with Crippen molar-refractivity contribution in [2.24, 2.45) is 5.73 Å². The van der Waals surface area contributed by atoms with Gasteiger partial charge in [0.05, 0.1) is 0 Å². The van der Waals surface area contributed by atoms with Crippen LogP contribution in [0, 0.1) is 0 Å². The number of nitrogens with two attached hydrogens (primary N) is 1. The van der Waals surface area contributed by atoms with Gasteiger partial charge in [-0.15, -0.1) is 0 Å². The van der Waals surface area contributed by atoms with Crippen LogP contribution in [0.1, 0.15) is 17.9 Å². The van der Waals surface area contributed by atoms with E-state index in [4.69, 9.17) is 28.9 Å². The Hall–Kier alpha value is -0.380. The van der Waals surface area contributed by atoms with Crippen LogP contribution in [0.2, 0.25) is 10.3 Å². The number of aromatic nitrogens is 2. The maximum Gasteiger partial charge on any atom is 0.137 e. The SMILES string of the molecule is NC1CC1c1c(Cl)ncnc1Cl. The second kappa shape index (κ2) is 2.83. The predicted octanol–water partition coefficient (Wildman–Crippen LogP) is 1.60. The lowest BCUT2D eigenvalue weighted by Gasteiger charge is -2.01. The smallest absolute Gasteiger partial charge is 0.137 e. The van der Waals surface area contributed by atoms with Gasteiger partial charge in [0, 0.05) is 17.5 Å². The molecule has 0 aliphatic heterocycles. The van der Waals surface area contributed by atoms with Crippen LogP contribution in [0.15, 0.2) is 6.33 Å². The third-order valence-corrected chi connectivity index (χ3v) is 2.60. The Morgan fingerprint density at radius 2 is 1.83 bits per heavy atom. The van der Waals surface area contributed by atoms with E-state index < -0.39 is 0 Å². The average Bonchev–Trinajstić information content (AvgIpc) is 2.67. The summed E-state index contributed by atoms with van der Waals surface area (Å²) in [6.45, 7) is 0. The number of hydrogen-bond acceptors (Lipinski definition) is 3. The molecule has 0 bridgehead atoms. The van der Waals surface area contributed by atoms with Gasteiger partial charge in [0.2, 0.25) is 0 Å². The van der Waals surface area contributed by atoms with Crippen LogP contribution >= 0.6 is 23.2 Å². The minimum atomic E-state index is 0.172. The molecule has 0 spiro atoms. The summed E-state index contributed by atoms with van der Waals surface area (Å²) in [5.41, 5.74) is 6.46. The van der Waals surface area contributed by atoms with Crippen molar-refractivity contribution in [2.45, 2.75) is 18.4 Å². The molecule has 2 unspecified atom stereocenters. The molecule has 0 amide bonds. The third kappa shape index (κ3) is 1.28. The lowest BCUT2D eigenvalue weighted by atomic mass is 10.2. The summed E-state index contributed by atoms with van der Waals surface area (Å²) in [4.78, 5) is 7.70. The summed E-state index contributed by atoms with van der Waals surface area (Å²) in [5.74, 6) is 0.256. The first-order valence-electron chi connectivity index (χ1n) is 3.61. The van der Waals surface area contributed by atoms with E-state index >= 15 is 0 Å². The largest absolute Gasteiger partial charge is 0.327 e. The molecule has 0 aromatic carbocycles. The zero-order valence-corrected chi connectivity index (χ0v) is 7.68. The Balaban J connectivity index is 2.41. The Bertz CT molecular complexity index is 295. The number of hydrogen-bond donors (Lipinski definition) is 1. The molecule has 1 aromatic rings. The van der Waals surface area contributed by atoms with E-state index in [2.05, 4.69) is 9.97 Å². The normalized spacial score (nSPS) is 27.2. The Morgan fingerprint density at radius 1 is 1.33 bits per heavy atom. The van der Waals surface area contributed by atoms with Crippen molar-refractivity contribution in [2.75, 3.05) is 0 Å². The maximum absolute atomic E-state index is 5.84. The molecule has 1 fully saturated rings. The van der Waals surface area contributed by atoms with Crippen LogP contribution in [0.5, 0.6) is 0 Å². The zero-order chi connectivity index (χ0) is 8.72. The van der Waals surface area contributed by atoms with Crippen molar-refractivity contribution in [3.8, 4) is 0 Å². The highest BCUT2D eigenvalue weighted by molar-refractivity contribution is 6.34. The van der Waals surface area contributed by atoms with Gasteiger partial charge in [0.15, 0.2) is 0 Å². The van der Waals surface area contributed by atoms with Gasteiger partial charge < -0.3 is 5.73 Å². The van der Waals surface area contributed by atoms with Crippen LogP contribution < -0.4 is 5.73 Å². The van der Waals surface area contributed by atoms with Gasteiger partial charge in [-0.05, 0) is 6.42 Å². The monoisotopic (exact) mass is 203 g/mol. The summed E-state index contributed by atoms with van der Waals surface area (Å²) in [6.07, 6.45) is 2.27. The molecule has 1 saturated carbocycles. The van der Waals surface area contributed by atoms with Gasteiger partial charge in [-0.1, -0.05) is 23.2 Å². The van der Waals surface area contributed by atoms with Crippen LogP contribution in [-0.4, -0.2) is 16.0 Å². The first-order chi connectivity index (χ1) is 5.70. The first kappa shape index (κ1) is 8.23. The van der Waals surface area contributed by atoms with Crippen molar-refractivity contribution in [3.05, 3.63) is 22.2 Å². The molecule has 1 aromatic heterocycles. The quantitative estimate of drug-likeness (QED) is 0.706. The van der Waals surface area contributed by atoms with E-state index in [0.29, 0.717) is 10.3 Å². The Kier molecular flexibility index (Phi) is 1.94. The highest BCUT2D eigenvalue weighted by Crippen LogP contribution is 2.43. The molecule has 0 saturated heterocycles. The molecule has 64 valence electrons. The second-order valence-electron chi connectivity index (χ2n) is 2.88. The van der Waals surface area contributed by atoms with E-state index in [9.17, 15) is 0 Å². The van der Waals surface area contributed by atoms with E-state index in [0.717, 1.165) is 12.0 Å². The molecule has 1 aliphatic rings. The molecular weight excluding hydrogens is 197 g/mol.